The van der Waals surface area contributed by atoms with E-state index < -0.39 is 0 Å². The minimum atomic E-state index is -0.209. The number of benzene rings is 2. The highest BCUT2D eigenvalue weighted by molar-refractivity contribution is 5.77. The van der Waals surface area contributed by atoms with Gasteiger partial charge in [0, 0.05) is 25.1 Å². The normalized spacial score (nSPS) is 10.5. The molecule has 2 heterocycles. The Bertz CT molecular complexity index is 1120. The molecule has 0 bridgehead atoms. The van der Waals surface area contributed by atoms with Crippen molar-refractivity contribution < 1.29 is 14.3 Å². The molecule has 0 atom stereocenters. The predicted molar refractivity (Wildman–Crippen MR) is 116 cm³/mol. The maximum atomic E-state index is 12.1. The molecule has 2 aromatic carbocycles. The highest BCUT2D eigenvalue weighted by Crippen LogP contribution is 2.23. The van der Waals surface area contributed by atoms with Gasteiger partial charge in [-0.25, -0.2) is 9.97 Å². The number of pyridine rings is 1. The number of carbonyl (C=O) groups excluding carboxylic acids is 1. The third kappa shape index (κ3) is 5.48. The lowest BCUT2D eigenvalue weighted by molar-refractivity contribution is -0.123. The van der Waals surface area contributed by atoms with E-state index in [0.29, 0.717) is 18.0 Å². The van der Waals surface area contributed by atoms with Crippen molar-refractivity contribution in [3.8, 4) is 23.1 Å². The van der Waals surface area contributed by atoms with E-state index in [0.717, 1.165) is 23.0 Å². The van der Waals surface area contributed by atoms with Crippen LogP contribution in [0.3, 0.4) is 0 Å². The third-order valence-electron chi connectivity index (χ3n) is 4.54. The first kappa shape index (κ1) is 20.2. The lowest BCUT2D eigenvalue weighted by Gasteiger charge is -2.09. The zero-order valence-corrected chi connectivity index (χ0v) is 17.1. The van der Waals surface area contributed by atoms with Gasteiger partial charge in [-0.1, -0.05) is 24.3 Å². The first-order valence-electron chi connectivity index (χ1n) is 9.85. The van der Waals surface area contributed by atoms with E-state index in [1.54, 1.807) is 36.7 Å². The van der Waals surface area contributed by atoms with E-state index in [1.807, 2.05) is 60.2 Å². The van der Waals surface area contributed by atoms with Crippen molar-refractivity contribution in [1.82, 2.24) is 19.9 Å². The van der Waals surface area contributed by atoms with Crippen molar-refractivity contribution in [1.29, 1.82) is 0 Å². The number of imidazole rings is 1. The number of carbonyl (C=O) groups is 1. The number of nitrogens with zero attached hydrogens (tertiary/aromatic N) is 3. The highest BCUT2D eigenvalue weighted by atomic mass is 16.5. The van der Waals surface area contributed by atoms with Crippen molar-refractivity contribution >= 4 is 5.91 Å². The van der Waals surface area contributed by atoms with Gasteiger partial charge >= 0.3 is 0 Å². The molecule has 4 aromatic rings. The average Bonchev–Trinajstić information content (AvgIpc) is 3.24. The number of hydrogen-bond acceptors (Lipinski definition) is 5. The summed E-state index contributed by atoms with van der Waals surface area (Å²) in [5.74, 6) is 3.50. The Labute approximate surface area is 180 Å². The van der Waals surface area contributed by atoms with Crippen LogP contribution < -0.4 is 14.8 Å². The van der Waals surface area contributed by atoms with Crippen LogP contribution in [0, 0.1) is 6.92 Å². The monoisotopic (exact) mass is 414 g/mol. The van der Waals surface area contributed by atoms with Gasteiger partial charge in [0.2, 0.25) is 0 Å². The quantitative estimate of drug-likeness (QED) is 0.470. The molecule has 0 spiro atoms. The second-order valence-corrected chi connectivity index (χ2v) is 6.82. The number of aromatic nitrogens is 3. The number of rotatable bonds is 8. The molecule has 0 unspecified atom stereocenters. The van der Waals surface area contributed by atoms with Gasteiger partial charge in [-0.3, -0.25) is 9.36 Å². The van der Waals surface area contributed by atoms with Crippen molar-refractivity contribution in [3.63, 3.8) is 0 Å². The van der Waals surface area contributed by atoms with Gasteiger partial charge in [-0.15, -0.1) is 0 Å². The predicted octanol–water partition coefficient (Wildman–Crippen LogP) is 4.06. The summed E-state index contributed by atoms with van der Waals surface area (Å²) >= 11 is 0. The van der Waals surface area contributed by atoms with Crippen LogP contribution in [0.25, 0.3) is 5.82 Å². The van der Waals surface area contributed by atoms with Crippen LogP contribution in [0.5, 0.6) is 17.2 Å². The molecule has 0 aliphatic rings. The van der Waals surface area contributed by atoms with Crippen molar-refractivity contribution in [2.24, 2.45) is 0 Å². The fourth-order valence-corrected chi connectivity index (χ4v) is 2.91. The Hall–Kier alpha value is -4.13. The molecule has 1 amide bonds. The number of ether oxygens (including phenoxy) is 2. The molecule has 4 rings (SSSR count). The van der Waals surface area contributed by atoms with Gasteiger partial charge in [0.15, 0.2) is 6.61 Å². The lowest BCUT2D eigenvalue weighted by atomic mass is 10.3. The Kier molecular flexibility index (Phi) is 6.23. The molecule has 31 heavy (non-hydrogen) atoms. The van der Waals surface area contributed by atoms with Gasteiger partial charge in [0.25, 0.3) is 5.91 Å². The fraction of sp³-hybridized carbons (Fsp3) is 0.125. The SMILES string of the molecule is Cc1nccn1-c1ccc(CNC(=O)COc2ccc(Oc3ccccc3)cc2)cn1. The molecule has 2 aromatic heterocycles. The van der Waals surface area contributed by atoms with Gasteiger partial charge in [0.05, 0.1) is 0 Å². The second kappa shape index (κ2) is 9.58. The van der Waals surface area contributed by atoms with E-state index in [-0.39, 0.29) is 12.5 Å². The second-order valence-electron chi connectivity index (χ2n) is 6.82. The Balaban J connectivity index is 1.22. The number of aryl methyl sites for hydroxylation is 1. The number of amides is 1. The van der Waals surface area contributed by atoms with Gasteiger partial charge in [-0.2, -0.15) is 0 Å². The first-order valence-corrected chi connectivity index (χ1v) is 9.85. The summed E-state index contributed by atoms with van der Waals surface area (Å²) in [6.45, 7) is 2.22. The summed E-state index contributed by atoms with van der Waals surface area (Å²) in [5.41, 5.74) is 0.900. The number of para-hydroxylation sites is 1. The average molecular weight is 414 g/mol. The van der Waals surface area contributed by atoms with E-state index in [9.17, 15) is 4.79 Å². The van der Waals surface area contributed by atoms with E-state index in [2.05, 4.69) is 15.3 Å². The summed E-state index contributed by atoms with van der Waals surface area (Å²) in [7, 11) is 0. The first-order chi connectivity index (χ1) is 15.2. The Morgan fingerprint density at radius 1 is 0.935 bits per heavy atom. The molecule has 0 saturated heterocycles. The zero-order valence-electron chi connectivity index (χ0n) is 17.1. The standard InChI is InChI=1S/C24H22N4O3/c1-18-25-13-14-28(18)23-12-7-19(15-26-23)16-27-24(29)17-30-20-8-10-22(11-9-20)31-21-5-3-2-4-6-21/h2-15H,16-17H2,1H3,(H,27,29). The highest BCUT2D eigenvalue weighted by Gasteiger charge is 2.06. The number of nitrogens with one attached hydrogen (secondary N) is 1. The van der Waals surface area contributed by atoms with Crippen LogP contribution in [0.2, 0.25) is 0 Å². The van der Waals surface area contributed by atoms with Crippen molar-refractivity contribution in [3.05, 3.63) is 96.7 Å². The Morgan fingerprint density at radius 2 is 1.68 bits per heavy atom. The molecule has 156 valence electrons. The van der Waals surface area contributed by atoms with Crippen LogP contribution in [0.15, 0.2) is 85.3 Å². The molecule has 0 saturated carbocycles. The minimum Gasteiger partial charge on any atom is -0.484 e. The summed E-state index contributed by atoms with van der Waals surface area (Å²) in [6, 6.07) is 20.5. The summed E-state index contributed by atoms with van der Waals surface area (Å²) in [6.07, 6.45) is 5.33. The summed E-state index contributed by atoms with van der Waals surface area (Å²) in [5, 5.41) is 2.83. The molecular formula is C24H22N4O3. The molecule has 7 heteroatoms. The Morgan fingerprint density at radius 3 is 2.35 bits per heavy atom. The largest absolute Gasteiger partial charge is 0.484 e. The molecule has 7 nitrogen and oxygen atoms in total. The van der Waals surface area contributed by atoms with Crippen LogP contribution >= 0.6 is 0 Å². The maximum absolute atomic E-state index is 12.1. The van der Waals surface area contributed by atoms with Gasteiger partial charge in [-0.05, 0) is 55.0 Å². The number of hydrogen-bond donors (Lipinski definition) is 1. The zero-order chi connectivity index (χ0) is 21.5. The van der Waals surface area contributed by atoms with Gasteiger partial charge < -0.3 is 14.8 Å². The van der Waals surface area contributed by atoms with E-state index in [1.165, 1.54) is 0 Å². The van der Waals surface area contributed by atoms with Crippen molar-refractivity contribution in [2.75, 3.05) is 6.61 Å². The van der Waals surface area contributed by atoms with Crippen LogP contribution in [0.4, 0.5) is 0 Å². The van der Waals surface area contributed by atoms with Crippen LogP contribution in [0.1, 0.15) is 11.4 Å². The minimum absolute atomic E-state index is 0.0708. The van der Waals surface area contributed by atoms with E-state index in [4.69, 9.17) is 9.47 Å². The van der Waals surface area contributed by atoms with Gasteiger partial charge in [0.1, 0.15) is 28.9 Å². The summed E-state index contributed by atoms with van der Waals surface area (Å²) < 4.78 is 13.2. The molecule has 1 N–H and O–H groups in total. The van der Waals surface area contributed by atoms with E-state index >= 15 is 0 Å². The fourth-order valence-electron chi connectivity index (χ4n) is 2.91. The van der Waals surface area contributed by atoms with Crippen LogP contribution in [-0.4, -0.2) is 27.0 Å². The van der Waals surface area contributed by atoms with Crippen LogP contribution in [-0.2, 0) is 11.3 Å². The molecule has 0 aliphatic carbocycles. The lowest BCUT2D eigenvalue weighted by Crippen LogP contribution is -2.28. The topological polar surface area (TPSA) is 78.3 Å². The molecule has 0 fully saturated rings. The maximum Gasteiger partial charge on any atom is 0.258 e. The summed E-state index contributed by atoms with van der Waals surface area (Å²) in [4.78, 5) is 20.7. The van der Waals surface area contributed by atoms with Crippen molar-refractivity contribution in [2.45, 2.75) is 13.5 Å². The molecule has 0 radical (unpaired) electrons. The third-order valence-corrected chi connectivity index (χ3v) is 4.54. The molecular weight excluding hydrogens is 392 g/mol. The smallest absolute Gasteiger partial charge is 0.258 e. The molecule has 0 aliphatic heterocycles.